The third-order valence-corrected chi connectivity index (χ3v) is 3.89. The predicted molar refractivity (Wildman–Crippen MR) is 88.1 cm³/mol. The first-order valence-corrected chi connectivity index (χ1v) is 8.09. The minimum absolute atomic E-state index is 0.204. The largest absolute Gasteiger partial charge is 0.321 e. The van der Waals surface area contributed by atoms with Crippen molar-refractivity contribution >= 4 is 46.6 Å². The lowest BCUT2D eigenvalue weighted by atomic mass is 10.1. The highest BCUT2D eigenvalue weighted by Gasteiger charge is 2.09. The number of anilines is 1. The number of hydrogen-bond acceptors (Lipinski definition) is 2. The molecule has 0 unspecified atom stereocenters. The third kappa shape index (κ3) is 3.92. The van der Waals surface area contributed by atoms with Crippen molar-refractivity contribution in [2.45, 2.75) is 5.75 Å². The van der Waals surface area contributed by atoms with Gasteiger partial charge < -0.3 is 5.32 Å². The van der Waals surface area contributed by atoms with E-state index in [1.54, 1.807) is 42.1 Å². The molecule has 1 N–H and O–H groups in total. The zero-order valence-corrected chi connectivity index (χ0v) is 13.1. The van der Waals surface area contributed by atoms with Crippen molar-refractivity contribution in [1.82, 2.24) is 0 Å². The molecule has 0 aliphatic rings. The maximum atomic E-state index is 12.1. The van der Waals surface area contributed by atoms with E-state index in [1.807, 2.05) is 18.4 Å². The van der Waals surface area contributed by atoms with Crippen LogP contribution in [0.1, 0.15) is 15.9 Å². The number of halogens is 2. The van der Waals surface area contributed by atoms with Gasteiger partial charge in [-0.3, -0.25) is 4.79 Å². The van der Waals surface area contributed by atoms with Gasteiger partial charge >= 0.3 is 0 Å². The van der Waals surface area contributed by atoms with E-state index in [-0.39, 0.29) is 5.91 Å². The highest BCUT2D eigenvalue weighted by Crippen LogP contribution is 2.26. The van der Waals surface area contributed by atoms with Gasteiger partial charge in [-0.15, -0.1) is 0 Å². The Morgan fingerprint density at radius 2 is 1.85 bits per heavy atom. The Morgan fingerprint density at radius 1 is 1.15 bits per heavy atom. The molecule has 0 fully saturated rings. The van der Waals surface area contributed by atoms with E-state index in [2.05, 4.69) is 5.32 Å². The van der Waals surface area contributed by atoms with Crippen LogP contribution in [0.2, 0.25) is 10.0 Å². The van der Waals surface area contributed by atoms with Gasteiger partial charge in [0.1, 0.15) is 0 Å². The molecule has 1 amide bonds. The van der Waals surface area contributed by atoms with E-state index in [4.69, 9.17) is 23.2 Å². The van der Waals surface area contributed by atoms with Crippen LogP contribution >= 0.6 is 35.0 Å². The van der Waals surface area contributed by atoms with Gasteiger partial charge in [0.05, 0.1) is 10.7 Å². The van der Waals surface area contributed by atoms with Crippen LogP contribution in [0, 0.1) is 0 Å². The molecule has 0 aromatic heterocycles. The first kappa shape index (κ1) is 15.2. The highest BCUT2D eigenvalue weighted by molar-refractivity contribution is 7.97. The molecule has 2 nitrogen and oxygen atoms in total. The zero-order chi connectivity index (χ0) is 14.5. The van der Waals surface area contributed by atoms with Gasteiger partial charge in [-0.25, -0.2) is 0 Å². The Hall–Kier alpha value is -1.16. The number of rotatable bonds is 4. The Balaban J connectivity index is 2.13. The molecule has 0 spiro atoms. The summed E-state index contributed by atoms with van der Waals surface area (Å²) >= 11 is 13.7. The third-order valence-electron chi connectivity index (χ3n) is 2.70. The summed E-state index contributed by atoms with van der Waals surface area (Å²) in [7, 11) is 0. The minimum Gasteiger partial charge on any atom is -0.321 e. The zero-order valence-electron chi connectivity index (χ0n) is 10.8. The van der Waals surface area contributed by atoms with E-state index in [0.717, 1.165) is 5.75 Å². The molecule has 0 aliphatic heterocycles. The molecular formula is C15H13Cl2NOS. The number of carbonyl (C=O) groups excluding carboxylic acids is 1. The van der Waals surface area contributed by atoms with Gasteiger partial charge in [-0.05, 0) is 42.2 Å². The van der Waals surface area contributed by atoms with Crippen LogP contribution in [0.15, 0.2) is 42.5 Å². The Bertz CT molecular complexity index is 614. The number of nitrogens with one attached hydrogen (secondary N) is 1. The molecule has 5 heteroatoms. The highest BCUT2D eigenvalue weighted by atomic mass is 35.5. The first-order chi connectivity index (χ1) is 9.60. The number of amides is 1. The standard InChI is InChI=1S/C15H13Cl2NOS/c1-20-9-10-2-4-11(5-3-10)15(19)18-14-8-12(16)6-7-13(14)17/h2-8H,9H2,1H3,(H,18,19). The van der Waals surface area contributed by atoms with Gasteiger partial charge in [0.15, 0.2) is 0 Å². The van der Waals surface area contributed by atoms with Gasteiger partial charge in [0, 0.05) is 16.3 Å². The second kappa shape index (κ2) is 7.02. The quantitative estimate of drug-likeness (QED) is 0.846. The Kier molecular flexibility index (Phi) is 5.35. The summed E-state index contributed by atoms with van der Waals surface area (Å²) < 4.78 is 0. The normalized spacial score (nSPS) is 10.3. The van der Waals surface area contributed by atoms with Crippen molar-refractivity contribution in [1.29, 1.82) is 0 Å². The summed E-state index contributed by atoms with van der Waals surface area (Å²) in [6, 6.07) is 12.5. The average Bonchev–Trinajstić information content (AvgIpc) is 2.44. The molecular weight excluding hydrogens is 313 g/mol. The molecule has 2 rings (SSSR count). The number of benzene rings is 2. The lowest BCUT2D eigenvalue weighted by Gasteiger charge is -2.08. The van der Waals surface area contributed by atoms with E-state index >= 15 is 0 Å². The summed E-state index contributed by atoms with van der Waals surface area (Å²) in [5.74, 6) is 0.729. The van der Waals surface area contributed by atoms with Crippen molar-refractivity contribution in [3.8, 4) is 0 Å². The predicted octanol–water partition coefficient (Wildman–Crippen LogP) is 5.11. The smallest absolute Gasteiger partial charge is 0.255 e. The molecule has 0 saturated heterocycles. The van der Waals surface area contributed by atoms with Crippen molar-refractivity contribution < 1.29 is 4.79 Å². The summed E-state index contributed by atoms with van der Waals surface area (Å²) in [6.45, 7) is 0. The van der Waals surface area contributed by atoms with Crippen LogP contribution < -0.4 is 5.32 Å². The van der Waals surface area contributed by atoms with Crippen LogP contribution in [0.3, 0.4) is 0 Å². The van der Waals surface area contributed by atoms with Gasteiger partial charge in [-0.2, -0.15) is 11.8 Å². The van der Waals surface area contributed by atoms with E-state index in [9.17, 15) is 4.79 Å². The summed E-state index contributed by atoms with van der Waals surface area (Å²) in [5.41, 5.74) is 2.29. The summed E-state index contributed by atoms with van der Waals surface area (Å²) in [5, 5.41) is 3.75. The maximum Gasteiger partial charge on any atom is 0.255 e. The van der Waals surface area contributed by atoms with Crippen LogP contribution in [0.5, 0.6) is 0 Å². The van der Waals surface area contributed by atoms with Crippen molar-refractivity contribution in [3.63, 3.8) is 0 Å². The molecule has 0 saturated carbocycles. The van der Waals surface area contributed by atoms with Crippen molar-refractivity contribution in [2.75, 3.05) is 11.6 Å². The molecule has 0 aliphatic carbocycles. The van der Waals surface area contributed by atoms with Crippen LogP contribution in [0.25, 0.3) is 0 Å². The van der Waals surface area contributed by atoms with E-state index in [1.165, 1.54) is 5.56 Å². The molecule has 2 aromatic carbocycles. The van der Waals surface area contributed by atoms with Crippen LogP contribution in [-0.4, -0.2) is 12.2 Å². The fourth-order valence-corrected chi connectivity index (χ4v) is 2.57. The lowest BCUT2D eigenvalue weighted by molar-refractivity contribution is 0.102. The SMILES string of the molecule is CSCc1ccc(C(=O)Nc2cc(Cl)ccc2Cl)cc1. The Labute approximate surface area is 132 Å². The van der Waals surface area contributed by atoms with Gasteiger partial charge in [-0.1, -0.05) is 35.3 Å². The van der Waals surface area contributed by atoms with Crippen LogP contribution in [-0.2, 0) is 5.75 Å². The molecule has 104 valence electrons. The molecule has 0 atom stereocenters. The monoisotopic (exact) mass is 325 g/mol. The molecule has 0 radical (unpaired) electrons. The maximum absolute atomic E-state index is 12.1. The average molecular weight is 326 g/mol. The van der Waals surface area contributed by atoms with E-state index < -0.39 is 0 Å². The van der Waals surface area contributed by atoms with Gasteiger partial charge in [0.2, 0.25) is 0 Å². The van der Waals surface area contributed by atoms with Crippen LogP contribution in [0.4, 0.5) is 5.69 Å². The topological polar surface area (TPSA) is 29.1 Å². The van der Waals surface area contributed by atoms with Crippen molar-refractivity contribution in [3.05, 3.63) is 63.6 Å². The molecule has 20 heavy (non-hydrogen) atoms. The fourth-order valence-electron chi connectivity index (χ4n) is 1.71. The molecule has 2 aromatic rings. The number of thioether (sulfide) groups is 1. The summed E-state index contributed by atoms with van der Waals surface area (Å²) in [6.07, 6.45) is 2.04. The number of hydrogen-bond donors (Lipinski definition) is 1. The molecule has 0 bridgehead atoms. The van der Waals surface area contributed by atoms with Crippen molar-refractivity contribution in [2.24, 2.45) is 0 Å². The Morgan fingerprint density at radius 3 is 2.50 bits per heavy atom. The summed E-state index contributed by atoms with van der Waals surface area (Å²) in [4.78, 5) is 12.1. The first-order valence-electron chi connectivity index (χ1n) is 5.94. The number of carbonyl (C=O) groups is 1. The molecule has 0 heterocycles. The fraction of sp³-hybridized carbons (Fsp3) is 0.133. The second-order valence-corrected chi connectivity index (χ2v) is 5.92. The van der Waals surface area contributed by atoms with E-state index in [0.29, 0.717) is 21.3 Å². The van der Waals surface area contributed by atoms with Gasteiger partial charge in [0.25, 0.3) is 5.91 Å². The lowest BCUT2D eigenvalue weighted by Crippen LogP contribution is -2.12. The minimum atomic E-state index is -0.204. The second-order valence-electron chi connectivity index (χ2n) is 4.21.